The number of nitrogens with one attached hydrogen (secondary N) is 1. The van der Waals surface area contributed by atoms with E-state index in [0.717, 1.165) is 10.2 Å². The highest BCUT2D eigenvalue weighted by atomic mass is 79.9. The van der Waals surface area contributed by atoms with Gasteiger partial charge in [0.25, 0.3) is 0 Å². The van der Waals surface area contributed by atoms with E-state index in [1.54, 1.807) is 0 Å². The van der Waals surface area contributed by atoms with Gasteiger partial charge in [0, 0.05) is 20.8 Å². The first-order chi connectivity index (χ1) is 8.74. The molecule has 1 atom stereocenters. The molecule has 0 saturated carbocycles. The molecule has 0 fully saturated rings. The molecule has 0 aliphatic carbocycles. The average molecular weight is 320 g/mol. The van der Waals surface area contributed by atoms with Crippen LogP contribution in [0.2, 0.25) is 0 Å². The maximum absolute atomic E-state index is 3.64. The van der Waals surface area contributed by atoms with E-state index in [0.29, 0.717) is 6.04 Å². The van der Waals surface area contributed by atoms with Gasteiger partial charge in [-0.1, -0.05) is 24.3 Å². The van der Waals surface area contributed by atoms with Gasteiger partial charge < -0.3 is 5.32 Å². The summed E-state index contributed by atoms with van der Waals surface area (Å²) in [6.07, 6.45) is 0. The van der Waals surface area contributed by atoms with E-state index in [4.69, 9.17) is 0 Å². The fraction of sp³-hybridized carbons (Fsp3) is 0.200. The third-order valence-electron chi connectivity index (χ3n) is 3.15. The van der Waals surface area contributed by atoms with Gasteiger partial charge in [-0.15, -0.1) is 11.8 Å². The molecule has 3 rings (SSSR count). The Balaban J connectivity index is 1.88. The molecule has 0 amide bonds. The molecule has 0 aromatic heterocycles. The maximum Gasteiger partial charge on any atom is 0.0619 e. The number of hydrogen-bond donors (Lipinski definition) is 1. The third-order valence-corrected chi connectivity index (χ3v) is 5.03. The van der Waals surface area contributed by atoms with Crippen molar-refractivity contribution < 1.29 is 0 Å². The monoisotopic (exact) mass is 319 g/mol. The Hall–Kier alpha value is -0.930. The van der Waals surface area contributed by atoms with Gasteiger partial charge in [-0.05, 0) is 52.2 Å². The summed E-state index contributed by atoms with van der Waals surface area (Å²) in [6.45, 7) is 2.12. The van der Waals surface area contributed by atoms with Gasteiger partial charge in [-0.25, -0.2) is 0 Å². The Labute approximate surface area is 120 Å². The first kappa shape index (κ1) is 12.1. The van der Waals surface area contributed by atoms with Crippen LogP contribution in [0.3, 0.4) is 0 Å². The molecule has 1 unspecified atom stereocenters. The summed E-state index contributed by atoms with van der Waals surface area (Å²) < 4.78 is 1.13. The maximum atomic E-state index is 3.64. The van der Waals surface area contributed by atoms with Crippen molar-refractivity contribution in [3.8, 4) is 0 Å². The predicted molar refractivity (Wildman–Crippen MR) is 82.4 cm³/mol. The highest BCUT2D eigenvalue weighted by molar-refractivity contribution is 9.10. The standard InChI is InChI=1S/C15H14BrNS/c1-10-6-7-12(16)13(8-10)17-14-9-18-15-5-3-2-4-11(14)15/h2-8,14,17H,9H2,1H3. The van der Waals surface area contributed by atoms with Crippen LogP contribution in [0.15, 0.2) is 51.8 Å². The van der Waals surface area contributed by atoms with Crippen molar-refractivity contribution in [2.24, 2.45) is 0 Å². The molecule has 1 heterocycles. The summed E-state index contributed by atoms with van der Waals surface area (Å²) >= 11 is 5.54. The Morgan fingerprint density at radius 1 is 1.22 bits per heavy atom. The van der Waals surface area contributed by atoms with Gasteiger partial charge in [0.2, 0.25) is 0 Å². The Morgan fingerprint density at radius 3 is 2.94 bits per heavy atom. The minimum absolute atomic E-state index is 0.407. The van der Waals surface area contributed by atoms with Gasteiger partial charge in [0.05, 0.1) is 6.04 Å². The van der Waals surface area contributed by atoms with Crippen LogP contribution in [0.1, 0.15) is 17.2 Å². The normalized spacial score (nSPS) is 17.6. The lowest BCUT2D eigenvalue weighted by atomic mass is 10.1. The zero-order chi connectivity index (χ0) is 12.5. The predicted octanol–water partition coefficient (Wildman–Crippen LogP) is 5.02. The van der Waals surface area contributed by atoms with Gasteiger partial charge in [0.1, 0.15) is 0 Å². The van der Waals surface area contributed by atoms with Gasteiger partial charge in [0.15, 0.2) is 0 Å². The molecule has 0 bridgehead atoms. The largest absolute Gasteiger partial charge is 0.376 e. The zero-order valence-electron chi connectivity index (χ0n) is 10.1. The fourth-order valence-corrected chi connectivity index (χ4v) is 3.74. The minimum atomic E-state index is 0.407. The van der Waals surface area contributed by atoms with E-state index < -0.39 is 0 Å². The van der Waals surface area contributed by atoms with Gasteiger partial charge >= 0.3 is 0 Å². The van der Waals surface area contributed by atoms with E-state index in [2.05, 4.69) is 70.6 Å². The van der Waals surface area contributed by atoms with Crippen LogP contribution >= 0.6 is 27.7 Å². The number of anilines is 1. The van der Waals surface area contributed by atoms with Crippen molar-refractivity contribution in [1.82, 2.24) is 0 Å². The van der Waals surface area contributed by atoms with E-state index in [-0.39, 0.29) is 0 Å². The molecular weight excluding hydrogens is 306 g/mol. The SMILES string of the molecule is Cc1ccc(Br)c(NC2CSc3ccccc32)c1. The number of rotatable bonds is 2. The second kappa shape index (κ2) is 4.98. The molecule has 3 heteroatoms. The highest BCUT2D eigenvalue weighted by Gasteiger charge is 2.22. The molecule has 1 nitrogen and oxygen atoms in total. The molecule has 2 aromatic rings. The van der Waals surface area contributed by atoms with Crippen LogP contribution in [0.4, 0.5) is 5.69 Å². The van der Waals surface area contributed by atoms with Crippen LogP contribution in [-0.4, -0.2) is 5.75 Å². The van der Waals surface area contributed by atoms with Crippen molar-refractivity contribution in [1.29, 1.82) is 0 Å². The molecular formula is C15H14BrNS. The Kier molecular flexibility index (Phi) is 3.35. The molecule has 1 aliphatic rings. The number of halogens is 1. The summed E-state index contributed by atoms with van der Waals surface area (Å²) in [5.74, 6) is 1.10. The van der Waals surface area contributed by atoms with Crippen LogP contribution in [0.5, 0.6) is 0 Å². The summed E-state index contributed by atoms with van der Waals surface area (Å²) in [5, 5.41) is 3.64. The Morgan fingerprint density at radius 2 is 2.06 bits per heavy atom. The molecule has 2 aromatic carbocycles. The van der Waals surface area contributed by atoms with Gasteiger partial charge in [-0.2, -0.15) is 0 Å². The third kappa shape index (κ3) is 2.29. The first-order valence-corrected chi connectivity index (χ1v) is 7.76. The Bertz CT molecular complexity index is 582. The van der Waals surface area contributed by atoms with E-state index in [9.17, 15) is 0 Å². The fourth-order valence-electron chi connectivity index (χ4n) is 2.22. The van der Waals surface area contributed by atoms with E-state index >= 15 is 0 Å². The molecule has 1 aliphatic heterocycles. The smallest absolute Gasteiger partial charge is 0.0619 e. The average Bonchev–Trinajstić information content (AvgIpc) is 2.78. The number of thioether (sulfide) groups is 1. The number of benzene rings is 2. The number of aryl methyl sites for hydroxylation is 1. The van der Waals surface area contributed by atoms with Crippen LogP contribution in [0.25, 0.3) is 0 Å². The topological polar surface area (TPSA) is 12.0 Å². The van der Waals surface area contributed by atoms with Crippen molar-refractivity contribution in [2.75, 3.05) is 11.1 Å². The second-order valence-electron chi connectivity index (χ2n) is 4.53. The van der Waals surface area contributed by atoms with Crippen LogP contribution < -0.4 is 5.32 Å². The quantitative estimate of drug-likeness (QED) is 0.834. The van der Waals surface area contributed by atoms with E-state index in [1.807, 2.05) is 11.8 Å². The molecule has 0 saturated heterocycles. The summed E-state index contributed by atoms with van der Waals surface area (Å²) in [6, 6.07) is 15.5. The molecule has 92 valence electrons. The van der Waals surface area contributed by atoms with Crippen molar-refractivity contribution >= 4 is 33.4 Å². The van der Waals surface area contributed by atoms with Crippen molar-refractivity contribution in [3.63, 3.8) is 0 Å². The lowest BCUT2D eigenvalue weighted by Gasteiger charge is -2.16. The lowest BCUT2D eigenvalue weighted by molar-refractivity contribution is 0.898. The van der Waals surface area contributed by atoms with Crippen LogP contribution in [0, 0.1) is 6.92 Å². The molecule has 0 spiro atoms. The van der Waals surface area contributed by atoms with Crippen LogP contribution in [-0.2, 0) is 0 Å². The first-order valence-electron chi connectivity index (χ1n) is 5.98. The minimum Gasteiger partial charge on any atom is -0.376 e. The summed E-state index contributed by atoms with van der Waals surface area (Å²) in [5.41, 5.74) is 3.87. The van der Waals surface area contributed by atoms with Crippen molar-refractivity contribution in [3.05, 3.63) is 58.1 Å². The second-order valence-corrected chi connectivity index (χ2v) is 6.45. The number of hydrogen-bond acceptors (Lipinski definition) is 2. The molecule has 1 N–H and O–H groups in total. The molecule has 18 heavy (non-hydrogen) atoms. The number of fused-ring (bicyclic) bond motifs is 1. The molecule has 0 radical (unpaired) electrons. The highest BCUT2D eigenvalue weighted by Crippen LogP contribution is 2.40. The van der Waals surface area contributed by atoms with Crippen molar-refractivity contribution in [2.45, 2.75) is 17.9 Å². The van der Waals surface area contributed by atoms with Gasteiger partial charge in [-0.3, -0.25) is 0 Å². The zero-order valence-corrected chi connectivity index (χ0v) is 12.5. The summed E-state index contributed by atoms with van der Waals surface area (Å²) in [7, 11) is 0. The summed E-state index contributed by atoms with van der Waals surface area (Å²) in [4.78, 5) is 1.40. The lowest BCUT2D eigenvalue weighted by Crippen LogP contribution is -2.10. The van der Waals surface area contributed by atoms with E-state index in [1.165, 1.54) is 21.7 Å².